The lowest BCUT2D eigenvalue weighted by molar-refractivity contribution is 0.0681. The molecule has 134 valence electrons. The zero-order valence-electron chi connectivity index (χ0n) is 14.0. The first kappa shape index (κ1) is 17.9. The van der Waals surface area contributed by atoms with Crippen LogP contribution in [0.2, 0.25) is 5.02 Å². The third-order valence-electron chi connectivity index (χ3n) is 4.03. The van der Waals surface area contributed by atoms with E-state index >= 15 is 0 Å². The molecular formula is C17H19ClN2O4S. The van der Waals surface area contributed by atoms with Gasteiger partial charge in [-0.25, -0.2) is 9.78 Å². The van der Waals surface area contributed by atoms with Gasteiger partial charge in [0.15, 0.2) is 17.2 Å². The molecule has 25 heavy (non-hydrogen) atoms. The molecule has 0 radical (unpaired) electrons. The number of carboxylic acid groups (broad SMARTS) is 1. The summed E-state index contributed by atoms with van der Waals surface area (Å²) >= 11 is 7.70. The van der Waals surface area contributed by atoms with Crippen molar-refractivity contribution in [2.45, 2.75) is 37.8 Å². The Morgan fingerprint density at radius 3 is 2.76 bits per heavy atom. The average molecular weight is 383 g/mol. The minimum Gasteiger partial charge on any atom is -0.476 e. The van der Waals surface area contributed by atoms with Crippen molar-refractivity contribution >= 4 is 29.3 Å². The predicted octanol–water partition coefficient (Wildman–Crippen LogP) is 4.08. The third kappa shape index (κ3) is 3.57. The monoisotopic (exact) mass is 382 g/mol. The summed E-state index contributed by atoms with van der Waals surface area (Å²) in [6.45, 7) is 2.58. The normalized spacial score (nSPS) is 12.6. The van der Waals surface area contributed by atoms with Crippen LogP contribution in [0.1, 0.15) is 41.6 Å². The van der Waals surface area contributed by atoms with E-state index in [1.165, 1.54) is 11.8 Å². The number of aromatic nitrogens is 2. The minimum atomic E-state index is -0.989. The summed E-state index contributed by atoms with van der Waals surface area (Å²) < 4.78 is 12.5. The van der Waals surface area contributed by atoms with E-state index in [0.717, 1.165) is 30.7 Å². The van der Waals surface area contributed by atoms with E-state index in [1.807, 2.05) is 6.26 Å². The van der Waals surface area contributed by atoms with Crippen LogP contribution in [0.15, 0.2) is 17.2 Å². The molecule has 1 aromatic heterocycles. The fourth-order valence-corrected chi connectivity index (χ4v) is 3.57. The summed E-state index contributed by atoms with van der Waals surface area (Å²) in [6.07, 6.45) is 4.50. The molecule has 2 heterocycles. The van der Waals surface area contributed by atoms with Crippen LogP contribution in [-0.4, -0.2) is 33.7 Å². The van der Waals surface area contributed by atoms with Gasteiger partial charge in [0.2, 0.25) is 6.79 Å². The maximum absolute atomic E-state index is 11.8. The van der Waals surface area contributed by atoms with Gasteiger partial charge in [-0.3, -0.25) is 0 Å². The number of imidazole rings is 1. The van der Waals surface area contributed by atoms with Gasteiger partial charge >= 0.3 is 5.97 Å². The van der Waals surface area contributed by atoms with Gasteiger partial charge < -0.3 is 19.1 Å². The smallest absolute Gasteiger partial charge is 0.355 e. The molecule has 0 amide bonds. The Labute approximate surface area is 155 Å². The molecule has 1 aliphatic heterocycles. The topological polar surface area (TPSA) is 73.6 Å². The minimum absolute atomic E-state index is 0.166. The van der Waals surface area contributed by atoms with Crippen molar-refractivity contribution in [3.63, 3.8) is 0 Å². The molecule has 0 fully saturated rings. The molecule has 0 unspecified atom stereocenters. The predicted molar refractivity (Wildman–Crippen MR) is 96.3 cm³/mol. The van der Waals surface area contributed by atoms with Crippen LogP contribution in [0, 0.1) is 0 Å². The Kier molecular flexibility index (Phi) is 5.44. The van der Waals surface area contributed by atoms with Crippen LogP contribution in [0.4, 0.5) is 0 Å². The van der Waals surface area contributed by atoms with Gasteiger partial charge in [0.1, 0.15) is 10.9 Å². The number of rotatable bonds is 7. The summed E-state index contributed by atoms with van der Waals surface area (Å²) in [5, 5.41) is 10.7. The van der Waals surface area contributed by atoms with E-state index in [9.17, 15) is 9.90 Å². The molecule has 3 rings (SSSR count). The molecule has 1 N–H and O–H groups in total. The largest absolute Gasteiger partial charge is 0.476 e. The van der Waals surface area contributed by atoms with E-state index in [-0.39, 0.29) is 12.5 Å². The Balaban J connectivity index is 2.03. The lowest BCUT2D eigenvalue weighted by Crippen LogP contribution is -2.13. The highest BCUT2D eigenvalue weighted by Crippen LogP contribution is 2.37. The Hall–Kier alpha value is -1.86. The van der Waals surface area contributed by atoms with Crippen molar-refractivity contribution in [2.75, 3.05) is 13.0 Å². The zero-order valence-corrected chi connectivity index (χ0v) is 15.6. The van der Waals surface area contributed by atoms with Crippen LogP contribution in [0.3, 0.4) is 0 Å². The molecule has 0 saturated carbocycles. The van der Waals surface area contributed by atoms with Crippen molar-refractivity contribution in [3.8, 4) is 11.5 Å². The summed E-state index contributed by atoms with van der Waals surface area (Å²) in [4.78, 5) is 16.3. The van der Waals surface area contributed by atoms with Gasteiger partial charge in [-0.15, -0.1) is 11.8 Å². The quantitative estimate of drug-likeness (QED) is 0.727. The van der Waals surface area contributed by atoms with Crippen LogP contribution in [0.5, 0.6) is 11.5 Å². The number of ether oxygens (including phenoxy) is 2. The molecule has 0 bridgehead atoms. The van der Waals surface area contributed by atoms with Crippen LogP contribution in [-0.2, 0) is 13.0 Å². The third-order valence-corrected chi connectivity index (χ3v) is 5.06. The highest BCUT2D eigenvalue weighted by atomic mass is 35.5. The fraction of sp³-hybridized carbons (Fsp3) is 0.412. The van der Waals surface area contributed by atoms with Crippen molar-refractivity contribution < 1.29 is 19.4 Å². The molecule has 1 aromatic carbocycles. The Morgan fingerprint density at radius 2 is 2.12 bits per heavy atom. The number of carboxylic acids is 1. The van der Waals surface area contributed by atoms with Crippen LogP contribution >= 0.6 is 23.4 Å². The number of aromatic carboxylic acids is 1. The number of halogens is 1. The number of hydrogen-bond donors (Lipinski definition) is 1. The number of unbranched alkanes of at least 4 members (excludes halogenated alkanes) is 1. The van der Waals surface area contributed by atoms with Crippen molar-refractivity contribution in [1.82, 2.24) is 9.55 Å². The second-order valence-corrected chi connectivity index (χ2v) is 6.88. The number of aryl methyl sites for hydroxylation is 1. The fourth-order valence-electron chi connectivity index (χ4n) is 2.77. The highest BCUT2D eigenvalue weighted by Gasteiger charge is 2.24. The highest BCUT2D eigenvalue weighted by molar-refractivity contribution is 7.98. The summed E-state index contributed by atoms with van der Waals surface area (Å²) in [5.74, 6) is 0.999. The van der Waals surface area contributed by atoms with E-state index in [1.54, 1.807) is 16.7 Å². The zero-order chi connectivity index (χ0) is 18.0. The lowest BCUT2D eigenvalue weighted by Gasteiger charge is -2.12. The molecular weight excluding hydrogens is 364 g/mol. The van der Waals surface area contributed by atoms with Crippen molar-refractivity contribution in [3.05, 3.63) is 34.2 Å². The molecule has 2 aromatic rings. The summed E-state index contributed by atoms with van der Waals surface area (Å²) in [7, 11) is 0. The molecule has 8 heteroatoms. The van der Waals surface area contributed by atoms with Gasteiger partial charge in [-0.1, -0.05) is 24.9 Å². The standard InChI is InChI=1S/C17H19ClN2O4S/c1-3-4-5-14-19-16(25-2)15(17(21)22)20(14)8-10-6-12-13(7-11(10)18)24-9-23-12/h6-7H,3-5,8-9H2,1-2H3,(H,21,22). The SMILES string of the molecule is CCCCc1nc(SC)c(C(=O)O)n1Cc1cc2c(cc1Cl)OCO2. The molecule has 0 atom stereocenters. The average Bonchev–Trinajstić information content (AvgIpc) is 3.17. The Morgan fingerprint density at radius 1 is 1.40 bits per heavy atom. The number of thioether (sulfide) groups is 1. The molecule has 0 aliphatic carbocycles. The molecule has 6 nitrogen and oxygen atoms in total. The van der Waals surface area contributed by atoms with Gasteiger partial charge in [0, 0.05) is 17.5 Å². The van der Waals surface area contributed by atoms with Crippen LogP contribution in [0.25, 0.3) is 0 Å². The summed E-state index contributed by atoms with van der Waals surface area (Å²) in [6, 6.07) is 3.51. The van der Waals surface area contributed by atoms with Crippen molar-refractivity contribution in [2.24, 2.45) is 0 Å². The van der Waals surface area contributed by atoms with Gasteiger partial charge in [-0.05, 0) is 24.3 Å². The summed E-state index contributed by atoms with van der Waals surface area (Å²) in [5.41, 5.74) is 0.976. The first-order valence-electron chi connectivity index (χ1n) is 7.99. The molecule has 0 saturated heterocycles. The maximum Gasteiger partial charge on any atom is 0.355 e. The van der Waals surface area contributed by atoms with Gasteiger partial charge in [0.05, 0.1) is 6.54 Å². The van der Waals surface area contributed by atoms with E-state index in [4.69, 9.17) is 21.1 Å². The second kappa shape index (κ2) is 7.58. The lowest BCUT2D eigenvalue weighted by atomic mass is 10.2. The van der Waals surface area contributed by atoms with E-state index < -0.39 is 5.97 Å². The number of hydrogen-bond acceptors (Lipinski definition) is 5. The second-order valence-electron chi connectivity index (χ2n) is 5.68. The van der Waals surface area contributed by atoms with Crippen molar-refractivity contribution in [1.29, 1.82) is 0 Å². The van der Waals surface area contributed by atoms with Crippen LogP contribution < -0.4 is 9.47 Å². The Bertz CT molecular complexity index is 806. The van der Waals surface area contributed by atoms with Gasteiger partial charge in [-0.2, -0.15) is 0 Å². The number of benzene rings is 1. The van der Waals surface area contributed by atoms with E-state index in [2.05, 4.69) is 11.9 Å². The van der Waals surface area contributed by atoms with Gasteiger partial charge in [0.25, 0.3) is 0 Å². The number of nitrogens with zero attached hydrogens (tertiary/aromatic N) is 2. The maximum atomic E-state index is 11.8. The van der Waals surface area contributed by atoms with E-state index in [0.29, 0.717) is 28.1 Å². The first-order chi connectivity index (χ1) is 12.0. The molecule has 0 spiro atoms. The number of fused-ring (bicyclic) bond motifs is 1. The number of carbonyl (C=O) groups is 1. The molecule has 1 aliphatic rings. The first-order valence-corrected chi connectivity index (χ1v) is 9.60.